The molecule has 1 aromatic carbocycles. The average Bonchev–Trinajstić information content (AvgIpc) is 3.52. The minimum Gasteiger partial charge on any atom is -0.497 e. The Morgan fingerprint density at radius 1 is 1.15 bits per heavy atom. The molecule has 8 unspecified atom stereocenters. The number of carbonyl (C=O) groups excluding carboxylic acids is 2. The molecule has 0 spiro atoms. The maximum Gasteiger partial charge on any atom is 0.326 e. The summed E-state index contributed by atoms with van der Waals surface area (Å²) in [4.78, 5) is 55.3. The Hall–Kier alpha value is -2.59. The van der Waals surface area contributed by atoms with Crippen molar-refractivity contribution in [2.75, 3.05) is 7.11 Å². The quantitative estimate of drug-likeness (QED) is 0.638. The van der Waals surface area contributed by atoms with E-state index in [9.17, 15) is 24.3 Å². The number of imide groups is 1. The number of ether oxygens (including phenoxy) is 1. The molecule has 2 N–H and O–H groups in total. The van der Waals surface area contributed by atoms with Crippen LogP contribution in [0, 0.1) is 29.6 Å². The third-order valence-corrected chi connectivity index (χ3v) is 10.6. The molecule has 2 saturated carbocycles. The molecule has 2 amide bonds. The molecule has 3 fully saturated rings. The monoisotopic (exact) mass is 486 g/mol. The number of nitrogens with zero attached hydrogens (tertiary/aromatic N) is 1. The zero-order valence-corrected chi connectivity index (χ0v) is 19.5. The molecule has 8 nitrogen and oxygen atoms in total. The van der Waals surface area contributed by atoms with Crippen LogP contribution in [0.3, 0.4) is 0 Å². The number of carboxylic acids is 1. The number of thiazole rings is 1. The van der Waals surface area contributed by atoms with Crippen LogP contribution in [-0.2, 0) is 14.4 Å². The summed E-state index contributed by atoms with van der Waals surface area (Å²) in [6.07, 6.45) is 0.774. The van der Waals surface area contributed by atoms with Gasteiger partial charge in [-0.15, -0.1) is 11.8 Å². The van der Waals surface area contributed by atoms with Gasteiger partial charge in [0.05, 0.1) is 24.0 Å². The Bertz CT molecular complexity index is 1240. The van der Waals surface area contributed by atoms with Crippen molar-refractivity contribution in [2.24, 2.45) is 29.6 Å². The standard InChI is InChI=1S/C23H22N2O6S2/c1-8(22(28)29)25-20(26)15-11-7-12(16(15)21(25)27)17-14(11)13(9-3-5-10(31-2)6-4-9)18-19(32-17)24-23(30)33-18/h3-6,8,11-17H,7H2,1-2H3,(H,24,30)(H,28,29). The molecular formula is C23H22N2O6S2. The number of methoxy groups -OCH3 is 1. The summed E-state index contributed by atoms with van der Waals surface area (Å²) in [5, 5.41) is 10.4. The van der Waals surface area contributed by atoms with E-state index in [1.165, 1.54) is 18.3 Å². The molecular weight excluding hydrogens is 464 g/mol. The summed E-state index contributed by atoms with van der Waals surface area (Å²) in [7, 11) is 1.61. The fraction of sp³-hybridized carbons (Fsp3) is 0.478. The number of aromatic nitrogens is 1. The second-order valence-corrected chi connectivity index (χ2v) is 11.5. The molecule has 1 aromatic heterocycles. The second kappa shape index (κ2) is 7.20. The molecule has 1 saturated heterocycles. The number of nitrogens with one attached hydrogen (secondary N) is 1. The van der Waals surface area contributed by atoms with E-state index in [0.717, 1.165) is 32.5 Å². The van der Waals surface area contributed by atoms with Gasteiger partial charge in [-0.05, 0) is 48.8 Å². The zero-order chi connectivity index (χ0) is 23.2. The molecule has 2 bridgehead atoms. The van der Waals surface area contributed by atoms with Gasteiger partial charge < -0.3 is 14.8 Å². The third kappa shape index (κ3) is 2.76. The molecule has 6 rings (SSSR count). The van der Waals surface area contributed by atoms with Gasteiger partial charge in [0.25, 0.3) is 0 Å². The summed E-state index contributed by atoms with van der Waals surface area (Å²) < 4.78 is 5.31. The lowest BCUT2D eigenvalue weighted by Gasteiger charge is -2.43. The van der Waals surface area contributed by atoms with Crippen molar-refractivity contribution in [1.82, 2.24) is 9.88 Å². The number of hydrogen-bond donors (Lipinski definition) is 2. The van der Waals surface area contributed by atoms with Crippen LogP contribution >= 0.6 is 23.1 Å². The van der Waals surface area contributed by atoms with Gasteiger partial charge in [0.1, 0.15) is 11.8 Å². The van der Waals surface area contributed by atoms with Gasteiger partial charge in [0.15, 0.2) is 0 Å². The van der Waals surface area contributed by atoms with Gasteiger partial charge >= 0.3 is 10.8 Å². The number of likely N-dealkylation sites (tertiary alicyclic amines) is 1. The lowest BCUT2D eigenvalue weighted by atomic mass is 9.68. The number of hydrogen-bond acceptors (Lipinski definition) is 7. The summed E-state index contributed by atoms with van der Waals surface area (Å²) >= 11 is 2.83. The molecule has 8 atom stereocenters. The van der Waals surface area contributed by atoms with Gasteiger partial charge in [-0.25, -0.2) is 4.79 Å². The highest BCUT2D eigenvalue weighted by atomic mass is 32.2. The molecule has 3 heterocycles. The SMILES string of the molecule is COc1ccc(C2c3sc(=O)[nH]c3SC3C4CC(C5C(=O)N(C(C)C(=O)O)C(=O)C45)C23)cc1. The molecule has 172 valence electrons. The summed E-state index contributed by atoms with van der Waals surface area (Å²) in [5.74, 6) is -2.11. The Morgan fingerprint density at radius 3 is 2.45 bits per heavy atom. The Labute approximate surface area is 197 Å². The van der Waals surface area contributed by atoms with E-state index < -0.39 is 23.8 Å². The fourth-order valence-corrected chi connectivity index (χ4v) is 9.61. The van der Waals surface area contributed by atoms with E-state index in [1.807, 2.05) is 24.3 Å². The van der Waals surface area contributed by atoms with Crippen molar-refractivity contribution >= 4 is 40.9 Å². The highest BCUT2D eigenvalue weighted by molar-refractivity contribution is 8.00. The van der Waals surface area contributed by atoms with Crippen molar-refractivity contribution in [3.63, 3.8) is 0 Å². The van der Waals surface area contributed by atoms with E-state index in [-0.39, 0.29) is 45.6 Å². The number of carboxylic acid groups (broad SMARTS) is 1. The van der Waals surface area contributed by atoms with E-state index in [2.05, 4.69) is 4.98 Å². The molecule has 4 aliphatic rings. The minimum absolute atomic E-state index is 0.0188. The van der Waals surface area contributed by atoms with Crippen molar-refractivity contribution in [3.8, 4) is 5.75 Å². The van der Waals surface area contributed by atoms with Crippen molar-refractivity contribution < 1.29 is 24.2 Å². The summed E-state index contributed by atoms with van der Waals surface area (Å²) in [5.41, 5.74) is 1.05. The Morgan fingerprint density at radius 2 is 1.82 bits per heavy atom. The first kappa shape index (κ1) is 21.0. The number of thioether (sulfide) groups is 1. The lowest BCUT2D eigenvalue weighted by molar-refractivity contribution is -0.154. The number of rotatable bonds is 4. The number of fused-ring (bicyclic) bond motifs is 9. The van der Waals surface area contributed by atoms with Crippen LogP contribution in [0.4, 0.5) is 0 Å². The van der Waals surface area contributed by atoms with Crippen molar-refractivity contribution in [3.05, 3.63) is 44.4 Å². The number of aromatic amines is 1. The maximum absolute atomic E-state index is 13.3. The van der Waals surface area contributed by atoms with Crippen molar-refractivity contribution in [2.45, 2.75) is 35.6 Å². The van der Waals surface area contributed by atoms with E-state index in [1.54, 1.807) is 18.9 Å². The normalized spacial score (nSPS) is 34.7. The third-order valence-electron chi connectivity index (χ3n) is 7.98. The fourth-order valence-electron chi connectivity index (χ4n) is 6.72. The van der Waals surface area contributed by atoms with Gasteiger partial charge in [0, 0.05) is 16.0 Å². The number of carbonyl (C=O) groups is 3. The molecule has 10 heteroatoms. The van der Waals surface area contributed by atoms with Crippen LogP contribution in [-0.4, -0.2) is 51.2 Å². The second-order valence-electron chi connectivity index (χ2n) is 9.29. The van der Waals surface area contributed by atoms with Crippen LogP contribution < -0.4 is 9.61 Å². The zero-order valence-electron chi connectivity index (χ0n) is 17.9. The van der Waals surface area contributed by atoms with Crippen molar-refractivity contribution in [1.29, 1.82) is 0 Å². The number of benzene rings is 1. The van der Waals surface area contributed by atoms with Gasteiger partial charge in [-0.1, -0.05) is 23.5 Å². The maximum atomic E-state index is 13.3. The largest absolute Gasteiger partial charge is 0.497 e. The van der Waals surface area contributed by atoms with E-state index in [4.69, 9.17) is 4.74 Å². The number of amides is 2. The average molecular weight is 487 g/mol. The lowest BCUT2D eigenvalue weighted by Crippen LogP contribution is -2.44. The molecule has 0 radical (unpaired) electrons. The first-order valence-corrected chi connectivity index (χ1v) is 12.6. The van der Waals surface area contributed by atoms with Crippen LogP contribution in [0.15, 0.2) is 34.1 Å². The van der Waals surface area contributed by atoms with Gasteiger partial charge in [-0.2, -0.15) is 0 Å². The highest BCUT2D eigenvalue weighted by Crippen LogP contribution is 2.68. The van der Waals surface area contributed by atoms with Crippen LogP contribution in [0.2, 0.25) is 0 Å². The smallest absolute Gasteiger partial charge is 0.326 e. The number of H-pyrrole nitrogens is 1. The topological polar surface area (TPSA) is 117 Å². The van der Waals surface area contributed by atoms with Gasteiger partial charge in [0.2, 0.25) is 11.8 Å². The predicted octanol–water partition coefficient (Wildman–Crippen LogP) is 2.39. The predicted molar refractivity (Wildman–Crippen MR) is 120 cm³/mol. The van der Waals surface area contributed by atoms with Gasteiger partial charge in [-0.3, -0.25) is 19.3 Å². The van der Waals surface area contributed by atoms with E-state index in [0.29, 0.717) is 0 Å². The first-order valence-electron chi connectivity index (χ1n) is 10.9. The molecule has 2 aromatic rings. The highest BCUT2D eigenvalue weighted by Gasteiger charge is 2.70. The molecule has 33 heavy (non-hydrogen) atoms. The van der Waals surface area contributed by atoms with Crippen LogP contribution in [0.25, 0.3) is 0 Å². The number of aliphatic carboxylic acids is 1. The molecule has 2 aliphatic carbocycles. The van der Waals surface area contributed by atoms with Crippen LogP contribution in [0.5, 0.6) is 5.75 Å². The Balaban J connectivity index is 1.44. The summed E-state index contributed by atoms with van der Waals surface area (Å²) in [6, 6.07) is 6.65. The first-order chi connectivity index (χ1) is 15.8. The summed E-state index contributed by atoms with van der Waals surface area (Å²) in [6.45, 7) is 1.39. The van der Waals surface area contributed by atoms with E-state index >= 15 is 0 Å². The molecule has 2 aliphatic heterocycles. The Kier molecular flexibility index (Phi) is 4.58. The minimum atomic E-state index is -1.17. The van der Waals surface area contributed by atoms with Crippen LogP contribution in [0.1, 0.15) is 29.7 Å².